The Morgan fingerprint density at radius 2 is 1.84 bits per heavy atom. The van der Waals surface area contributed by atoms with Gasteiger partial charge in [0.2, 0.25) is 0 Å². The summed E-state index contributed by atoms with van der Waals surface area (Å²) in [6, 6.07) is 21.5. The molecule has 31 heavy (non-hydrogen) atoms. The number of carbonyl (C=O) groups is 1. The minimum Gasteiger partial charge on any atom is -0.497 e. The number of aryl methyl sites for hydroxylation is 1. The van der Waals surface area contributed by atoms with Crippen molar-refractivity contribution in [3.63, 3.8) is 0 Å². The lowest BCUT2D eigenvalue weighted by molar-refractivity contribution is 0.102. The third kappa shape index (κ3) is 3.61. The van der Waals surface area contributed by atoms with Gasteiger partial charge in [-0.1, -0.05) is 12.1 Å². The van der Waals surface area contributed by atoms with Crippen LogP contribution >= 0.6 is 0 Å². The second-order valence-corrected chi connectivity index (χ2v) is 7.77. The van der Waals surface area contributed by atoms with Gasteiger partial charge in [0.05, 0.1) is 24.7 Å². The van der Waals surface area contributed by atoms with Crippen LogP contribution in [0.2, 0.25) is 0 Å². The molecule has 156 valence electrons. The monoisotopic (exact) mass is 412 g/mol. The molecule has 1 amide bonds. The first-order valence-electron chi connectivity index (χ1n) is 10.4. The molecule has 1 aliphatic heterocycles. The lowest BCUT2D eigenvalue weighted by Gasteiger charge is -2.30. The summed E-state index contributed by atoms with van der Waals surface area (Å²) in [7, 11) is 1.61. The predicted molar refractivity (Wildman–Crippen MR) is 123 cm³/mol. The van der Waals surface area contributed by atoms with E-state index in [2.05, 4.69) is 45.1 Å². The van der Waals surface area contributed by atoms with Gasteiger partial charge in [-0.05, 0) is 67.1 Å². The molecular weight excluding hydrogens is 388 g/mol. The van der Waals surface area contributed by atoms with Gasteiger partial charge in [0.15, 0.2) is 0 Å². The van der Waals surface area contributed by atoms with Gasteiger partial charge in [-0.2, -0.15) is 0 Å². The van der Waals surface area contributed by atoms with Crippen LogP contribution in [-0.2, 0) is 13.1 Å². The van der Waals surface area contributed by atoms with E-state index in [1.165, 1.54) is 5.52 Å². The van der Waals surface area contributed by atoms with E-state index >= 15 is 0 Å². The number of nitrogens with one attached hydrogen (secondary N) is 1. The molecule has 0 saturated carbocycles. The number of aromatic nitrogens is 2. The maximum Gasteiger partial charge on any atom is 0.255 e. The maximum atomic E-state index is 12.6. The van der Waals surface area contributed by atoms with Gasteiger partial charge < -0.3 is 19.5 Å². The van der Waals surface area contributed by atoms with E-state index in [-0.39, 0.29) is 5.91 Å². The van der Waals surface area contributed by atoms with Gasteiger partial charge in [-0.3, -0.25) is 4.79 Å². The predicted octanol–water partition coefficient (Wildman–Crippen LogP) is 4.63. The second kappa shape index (κ2) is 7.80. The number of hydrogen-bond donors (Lipinski definition) is 1. The molecule has 1 N–H and O–H groups in total. The van der Waals surface area contributed by atoms with Crippen molar-refractivity contribution in [2.75, 3.05) is 23.9 Å². The van der Waals surface area contributed by atoms with Crippen LogP contribution < -0.4 is 15.0 Å². The molecule has 6 heteroatoms. The summed E-state index contributed by atoms with van der Waals surface area (Å²) in [6.45, 7) is 4.62. The maximum absolute atomic E-state index is 12.6. The third-order valence-electron chi connectivity index (χ3n) is 5.83. The highest BCUT2D eigenvalue weighted by Crippen LogP contribution is 2.28. The van der Waals surface area contributed by atoms with Gasteiger partial charge in [0, 0.05) is 30.0 Å². The molecule has 5 rings (SSSR count). The van der Waals surface area contributed by atoms with E-state index in [0.717, 1.165) is 53.7 Å². The van der Waals surface area contributed by atoms with E-state index in [1.807, 2.05) is 19.1 Å². The molecule has 0 fully saturated rings. The van der Waals surface area contributed by atoms with Crippen molar-refractivity contribution in [3.8, 4) is 5.75 Å². The number of para-hydroxylation sites is 2. The normalized spacial score (nSPS) is 13.2. The molecule has 0 unspecified atom stereocenters. The first kappa shape index (κ1) is 19.2. The lowest BCUT2D eigenvalue weighted by atomic mass is 10.1. The van der Waals surface area contributed by atoms with Crippen molar-refractivity contribution in [3.05, 3.63) is 83.7 Å². The third-order valence-corrected chi connectivity index (χ3v) is 5.83. The van der Waals surface area contributed by atoms with Crippen LogP contribution in [0.1, 0.15) is 21.7 Å². The van der Waals surface area contributed by atoms with E-state index in [1.54, 1.807) is 31.4 Å². The number of carbonyl (C=O) groups excluding carboxylic acids is 1. The van der Waals surface area contributed by atoms with Crippen molar-refractivity contribution in [1.82, 2.24) is 9.55 Å². The standard InChI is InChI=1S/C25H24N4O2/c1-17-15-19(9-12-21(17)27-25(30)18-7-10-20(31-2)11-8-18)28-13-14-29-23-6-4-3-5-22(23)26-24(29)16-28/h3-12,15H,13-14,16H2,1-2H3,(H,27,30). The van der Waals surface area contributed by atoms with E-state index < -0.39 is 0 Å². The molecular formula is C25H24N4O2. The average Bonchev–Trinajstić information content (AvgIpc) is 3.18. The van der Waals surface area contributed by atoms with Crippen molar-refractivity contribution >= 4 is 28.3 Å². The van der Waals surface area contributed by atoms with Crippen LogP contribution in [0, 0.1) is 6.92 Å². The molecule has 4 aromatic rings. The summed E-state index contributed by atoms with van der Waals surface area (Å²) in [5, 5.41) is 3.01. The highest BCUT2D eigenvalue weighted by atomic mass is 16.5. The minimum absolute atomic E-state index is 0.134. The van der Waals surface area contributed by atoms with E-state index in [9.17, 15) is 4.79 Å². The second-order valence-electron chi connectivity index (χ2n) is 7.77. The number of fused-ring (bicyclic) bond motifs is 3. The first-order chi connectivity index (χ1) is 15.1. The number of anilines is 2. The molecule has 3 aromatic carbocycles. The van der Waals surface area contributed by atoms with Crippen molar-refractivity contribution in [2.24, 2.45) is 0 Å². The van der Waals surface area contributed by atoms with E-state index in [0.29, 0.717) is 5.56 Å². The van der Waals surface area contributed by atoms with Gasteiger partial charge in [-0.15, -0.1) is 0 Å². The van der Waals surface area contributed by atoms with Crippen LogP contribution in [0.4, 0.5) is 11.4 Å². The molecule has 2 heterocycles. The number of benzene rings is 3. The van der Waals surface area contributed by atoms with Gasteiger partial charge in [0.1, 0.15) is 11.6 Å². The van der Waals surface area contributed by atoms with Gasteiger partial charge >= 0.3 is 0 Å². The summed E-state index contributed by atoms with van der Waals surface area (Å²) in [5.74, 6) is 1.68. The minimum atomic E-state index is -0.134. The molecule has 1 aliphatic rings. The van der Waals surface area contributed by atoms with Crippen LogP contribution in [0.5, 0.6) is 5.75 Å². The van der Waals surface area contributed by atoms with Gasteiger partial charge in [-0.25, -0.2) is 4.98 Å². The summed E-state index contributed by atoms with van der Waals surface area (Å²) >= 11 is 0. The number of nitrogens with zero attached hydrogens (tertiary/aromatic N) is 3. The molecule has 0 spiro atoms. The fourth-order valence-electron chi connectivity index (χ4n) is 4.11. The summed E-state index contributed by atoms with van der Waals surface area (Å²) in [5.41, 5.74) is 5.82. The Morgan fingerprint density at radius 3 is 2.61 bits per heavy atom. The molecule has 0 bridgehead atoms. The summed E-state index contributed by atoms with van der Waals surface area (Å²) < 4.78 is 7.46. The van der Waals surface area contributed by atoms with Crippen molar-refractivity contribution < 1.29 is 9.53 Å². The van der Waals surface area contributed by atoms with Crippen molar-refractivity contribution in [2.45, 2.75) is 20.0 Å². The number of imidazole rings is 1. The summed E-state index contributed by atoms with van der Waals surface area (Å²) in [4.78, 5) is 19.7. The number of ether oxygens (including phenoxy) is 1. The Labute approximate surface area is 181 Å². The van der Waals surface area contributed by atoms with Crippen molar-refractivity contribution in [1.29, 1.82) is 0 Å². The first-order valence-corrected chi connectivity index (χ1v) is 10.4. The largest absolute Gasteiger partial charge is 0.497 e. The number of rotatable bonds is 4. The fourth-order valence-corrected chi connectivity index (χ4v) is 4.11. The van der Waals surface area contributed by atoms with Crippen LogP contribution in [0.3, 0.4) is 0 Å². The van der Waals surface area contributed by atoms with Crippen LogP contribution in [-0.4, -0.2) is 29.1 Å². The number of hydrogen-bond acceptors (Lipinski definition) is 4. The Bertz CT molecular complexity index is 1260. The van der Waals surface area contributed by atoms with E-state index in [4.69, 9.17) is 9.72 Å². The number of methoxy groups -OCH3 is 1. The zero-order valence-electron chi connectivity index (χ0n) is 17.6. The average molecular weight is 412 g/mol. The topological polar surface area (TPSA) is 59.4 Å². The molecule has 0 saturated heterocycles. The molecule has 6 nitrogen and oxygen atoms in total. The van der Waals surface area contributed by atoms with Crippen LogP contribution in [0.15, 0.2) is 66.7 Å². The molecule has 0 aliphatic carbocycles. The van der Waals surface area contributed by atoms with Crippen LogP contribution in [0.25, 0.3) is 11.0 Å². The Balaban J connectivity index is 1.33. The Hall–Kier alpha value is -3.80. The highest BCUT2D eigenvalue weighted by molar-refractivity contribution is 6.04. The Morgan fingerprint density at radius 1 is 1.03 bits per heavy atom. The quantitative estimate of drug-likeness (QED) is 0.531. The molecule has 0 radical (unpaired) electrons. The molecule has 1 aromatic heterocycles. The zero-order valence-corrected chi connectivity index (χ0v) is 17.6. The highest BCUT2D eigenvalue weighted by Gasteiger charge is 2.20. The lowest BCUT2D eigenvalue weighted by Crippen LogP contribution is -2.33. The fraction of sp³-hybridized carbons (Fsp3) is 0.200. The SMILES string of the molecule is COc1ccc(C(=O)Nc2ccc(N3CCn4c(nc5ccccc54)C3)cc2C)cc1. The summed E-state index contributed by atoms with van der Waals surface area (Å²) in [6.07, 6.45) is 0. The number of amides is 1. The molecule has 0 atom stereocenters. The Kier molecular flexibility index (Phi) is 4.82. The smallest absolute Gasteiger partial charge is 0.255 e. The van der Waals surface area contributed by atoms with Gasteiger partial charge in [0.25, 0.3) is 5.91 Å². The zero-order chi connectivity index (χ0) is 21.4.